The van der Waals surface area contributed by atoms with E-state index in [1.54, 1.807) is 19.1 Å². The Kier molecular flexibility index (Phi) is 4.91. The molecule has 0 saturated carbocycles. The van der Waals surface area contributed by atoms with Gasteiger partial charge < -0.3 is 4.42 Å². The molecule has 0 aliphatic heterocycles. The molecule has 0 amide bonds. The van der Waals surface area contributed by atoms with Gasteiger partial charge in [0.25, 0.3) is 16.7 Å². The van der Waals surface area contributed by atoms with Crippen LogP contribution in [0, 0.1) is 11.3 Å². The minimum atomic E-state index is -0.315. The molecule has 1 atom stereocenters. The third-order valence-electron chi connectivity index (χ3n) is 4.11. The summed E-state index contributed by atoms with van der Waals surface area (Å²) in [5.41, 5.74) is 1.22. The van der Waals surface area contributed by atoms with Crippen LogP contribution >= 0.6 is 11.8 Å². The Morgan fingerprint density at radius 3 is 2.57 bits per heavy atom. The largest absolute Gasteiger partial charge is 0.409 e. The zero-order chi connectivity index (χ0) is 19.5. The van der Waals surface area contributed by atoms with Crippen molar-refractivity contribution in [2.24, 2.45) is 0 Å². The van der Waals surface area contributed by atoms with E-state index in [0.717, 1.165) is 5.56 Å². The second kappa shape index (κ2) is 7.66. The first-order valence-electron chi connectivity index (χ1n) is 8.59. The van der Waals surface area contributed by atoms with E-state index in [9.17, 15) is 4.79 Å². The van der Waals surface area contributed by atoms with Crippen molar-refractivity contribution in [2.75, 3.05) is 0 Å². The van der Waals surface area contributed by atoms with Crippen molar-refractivity contribution in [1.82, 2.24) is 20.0 Å². The van der Waals surface area contributed by atoms with Crippen molar-refractivity contribution in [1.29, 1.82) is 5.26 Å². The molecule has 8 heteroatoms. The Hall–Kier alpha value is -3.44. The van der Waals surface area contributed by atoms with Gasteiger partial charge in [-0.25, -0.2) is 4.68 Å². The molecule has 28 heavy (non-hydrogen) atoms. The van der Waals surface area contributed by atoms with Crippen LogP contribution in [0.15, 0.2) is 69.0 Å². The van der Waals surface area contributed by atoms with Gasteiger partial charge in [-0.15, -0.1) is 10.2 Å². The fraction of sp³-hybridized carbons (Fsp3) is 0.150. The first-order valence-corrected chi connectivity index (χ1v) is 9.47. The number of fused-ring (bicyclic) bond motifs is 1. The van der Waals surface area contributed by atoms with E-state index in [2.05, 4.69) is 21.4 Å². The van der Waals surface area contributed by atoms with Gasteiger partial charge in [0.2, 0.25) is 0 Å². The normalized spacial score (nSPS) is 12.0. The number of hydrogen-bond donors (Lipinski definition) is 0. The number of aromatic nitrogens is 4. The lowest BCUT2D eigenvalue weighted by Crippen LogP contribution is -2.24. The van der Waals surface area contributed by atoms with Gasteiger partial charge in [0, 0.05) is 5.39 Å². The maximum atomic E-state index is 12.9. The average Bonchev–Trinajstić information content (AvgIpc) is 3.19. The van der Waals surface area contributed by atoms with Gasteiger partial charge >= 0.3 is 0 Å². The Morgan fingerprint density at radius 2 is 1.82 bits per heavy atom. The van der Waals surface area contributed by atoms with Crippen LogP contribution in [0.25, 0.3) is 22.4 Å². The van der Waals surface area contributed by atoms with E-state index in [1.165, 1.54) is 16.4 Å². The number of hydrogen-bond acceptors (Lipinski definition) is 7. The van der Waals surface area contributed by atoms with E-state index in [-0.39, 0.29) is 21.9 Å². The Morgan fingerprint density at radius 1 is 1.11 bits per heavy atom. The van der Waals surface area contributed by atoms with Crippen LogP contribution in [0.3, 0.4) is 0 Å². The van der Waals surface area contributed by atoms with Crippen LogP contribution in [-0.4, -0.2) is 25.2 Å². The SMILES string of the molecule is CC(C#N)Sc1nnc(-c2nn(Cc3ccccc3)c(=O)c3ccccc23)o1. The molecule has 0 N–H and O–H groups in total. The summed E-state index contributed by atoms with van der Waals surface area (Å²) >= 11 is 1.18. The van der Waals surface area contributed by atoms with Crippen molar-refractivity contribution in [3.8, 4) is 17.7 Å². The van der Waals surface area contributed by atoms with Gasteiger partial charge in [-0.05, 0) is 30.3 Å². The predicted molar refractivity (Wildman–Crippen MR) is 106 cm³/mol. The number of benzene rings is 2. The Labute approximate surface area is 164 Å². The average molecular weight is 389 g/mol. The fourth-order valence-electron chi connectivity index (χ4n) is 2.79. The van der Waals surface area contributed by atoms with Crippen molar-refractivity contribution >= 4 is 22.5 Å². The maximum Gasteiger partial charge on any atom is 0.278 e. The summed E-state index contributed by atoms with van der Waals surface area (Å²) in [5, 5.41) is 22.7. The van der Waals surface area contributed by atoms with Gasteiger partial charge in [0.1, 0.15) is 0 Å². The van der Waals surface area contributed by atoms with E-state index in [4.69, 9.17) is 9.68 Å². The predicted octanol–water partition coefficient (Wildman–Crippen LogP) is 3.50. The lowest BCUT2D eigenvalue weighted by Gasteiger charge is -2.09. The molecule has 138 valence electrons. The third-order valence-corrected chi connectivity index (χ3v) is 4.94. The molecule has 7 nitrogen and oxygen atoms in total. The minimum Gasteiger partial charge on any atom is -0.409 e. The van der Waals surface area contributed by atoms with Crippen LogP contribution in [0.1, 0.15) is 12.5 Å². The van der Waals surface area contributed by atoms with E-state index >= 15 is 0 Å². The molecule has 1 unspecified atom stereocenters. The number of rotatable bonds is 5. The summed E-state index contributed by atoms with van der Waals surface area (Å²) in [7, 11) is 0. The summed E-state index contributed by atoms with van der Waals surface area (Å²) in [5.74, 6) is 0.214. The second-order valence-corrected chi connectivity index (χ2v) is 7.40. The smallest absolute Gasteiger partial charge is 0.278 e. The molecule has 2 heterocycles. The molecular formula is C20H15N5O2S. The first kappa shape index (κ1) is 17.9. The molecule has 0 fully saturated rings. The van der Waals surface area contributed by atoms with Gasteiger partial charge in [0.05, 0.1) is 23.3 Å². The van der Waals surface area contributed by atoms with E-state index < -0.39 is 0 Å². The highest BCUT2D eigenvalue weighted by Crippen LogP contribution is 2.28. The molecule has 0 spiro atoms. The molecule has 0 saturated heterocycles. The van der Waals surface area contributed by atoms with E-state index in [0.29, 0.717) is 23.0 Å². The van der Waals surface area contributed by atoms with Crippen LogP contribution < -0.4 is 5.56 Å². The number of nitrogens with zero attached hydrogens (tertiary/aromatic N) is 5. The molecular weight excluding hydrogens is 374 g/mol. The standard InChI is InChI=1S/C20H15N5O2S/c1-13(11-21)28-20-23-22-18(27-20)17-15-9-5-6-10-16(15)19(26)25(24-17)12-14-7-3-2-4-8-14/h2-10,13H,12H2,1H3. The van der Waals surface area contributed by atoms with Crippen molar-refractivity contribution in [3.63, 3.8) is 0 Å². The molecule has 0 radical (unpaired) electrons. The third kappa shape index (κ3) is 3.52. The van der Waals surface area contributed by atoms with Crippen molar-refractivity contribution in [3.05, 3.63) is 70.5 Å². The van der Waals surface area contributed by atoms with Crippen molar-refractivity contribution in [2.45, 2.75) is 23.9 Å². The Balaban J connectivity index is 1.83. The number of nitriles is 1. The van der Waals surface area contributed by atoms with Gasteiger partial charge in [-0.2, -0.15) is 10.4 Å². The summed E-state index contributed by atoms with van der Waals surface area (Å²) in [4.78, 5) is 12.9. The molecule has 0 bridgehead atoms. The van der Waals surface area contributed by atoms with Crippen molar-refractivity contribution < 1.29 is 4.42 Å². The van der Waals surface area contributed by atoms with Gasteiger partial charge in [-0.3, -0.25) is 4.79 Å². The molecule has 0 aliphatic rings. The lowest BCUT2D eigenvalue weighted by atomic mass is 10.1. The summed E-state index contributed by atoms with van der Waals surface area (Å²) in [6.07, 6.45) is 0. The summed E-state index contributed by atoms with van der Waals surface area (Å²) in [6, 6.07) is 18.9. The van der Waals surface area contributed by atoms with Crippen LogP contribution in [0.5, 0.6) is 0 Å². The molecule has 0 aliphatic carbocycles. The second-order valence-electron chi connectivity index (χ2n) is 6.10. The highest BCUT2D eigenvalue weighted by atomic mass is 32.2. The highest BCUT2D eigenvalue weighted by Gasteiger charge is 2.18. The first-order chi connectivity index (χ1) is 13.7. The number of thioether (sulfide) groups is 1. The minimum absolute atomic E-state index is 0.185. The van der Waals surface area contributed by atoms with Crippen LogP contribution in [-0.2, 0) is 6.54 Å². The molecule has 2 aromatic heterocycles. The maximum absolute atomic E-state index is 12.9. The van der Waals surface area contributed by atoms with E-state index in [1.807, 2.05) is 42.5 Å². The quantitative estimate of drug-likeness (QED) is 0.482. The fourth-order valence-corrected chi connectivity index (χ4v) is 3.36. The Bertz CT molecular complexity index is 1230. The summed E-state index contributed by atoms with van der Waals surface area (Å²) < 4.78 is 7.11. The van der Waals surface area contributed by atoms with Crippen LogP contribution in [0.2, 0.25) is 0 Å². The summed E-state index contributed by atoms with van der Waals surface area (Å²) in [6.45, 7) is 2.08. The van der Waals surface area contributed by atoms with Crippen LogP contribution in [0.4, 0.5) is 0 Å². The zero-order valence-corrected chi connectivity index (χ0v) is 15.8. The van der Waals surface area contributed by atoms with Gasteiger partial charge in [-0.1, -0.05) is 48.5 Å². The molecule has 4 rings (SSSR count). The van der Waals surface area contributed by atoms with Gasteiger partial charge in [0.15, 0.2) is 5.69 Å². The lowest BCUT2D eigenvalue weighted by molar-refractivity contribution is 0.462. The monoisotopic (exact) mass is 389 g/mol. The zero-order valence-electron chi connectivity index (χ0n) is 14.9. The highest BCUT2D eigenvalue weighted by molar-refractivity contribution is 7.99. The molecule has 2 aromatic carbocycles. The topological polar surface area (TPSA) is 97.6 Å². The molecule has 4 aromatic rings.